The van der Waals surface area contributed by atoms with Gasteiger partial charge in [-0.2, -0.15) is 0 Å². The number of rotatable bonds is 6. The molecule has 3 heterocycles. The Morgan fingerprint density at radius 3 is 2.67 bits per heavy atom. The molecule has 0 fully saturated rings. The lowest BCUT2D eigenvalue weighted by Gasteiger charge is -2.21. The minimum absolute atomic E-state index is 0.0854. The highest BCUT2D eigenvalue weighted by Crippen LogP contribution is 2.23. The van der Waals surface area contributed by atoms with Crippen LogP contribution in [0, 0.1) is 6.92 Å². The molecule has 0 amide bonds. The van der Waals surface area contributed by atoms with Crippen LogP contribution in [0.2, 0.25) is 0 Å². The fourth-order valence-corrected chi connectivity index (χ4v) is 2.49. The van der Waals surface area contributed by atoms with E-state index >= 15 is 0 Å². The smallest absolute Gasteiger partial charge is 0.212 e. The monoisotopic (exact) mass is 327 g/mol. The second kappa shape index (κ2) is 6.84. The van der Waals surface area contributed by atoms with Gasteiger partial charge in [-0.05, 0) is 39.2 Å². The van der Waals surface area contributed by atoms with E-state index in [1.54, 1.807) is 13.3 Å². The first-order chi connectivity index (χ1) is 11.6. The number of ether oxygens (including phenoxy) is 1. The van der Waals surface area contributed by atoms with Crippen molar-refractivity contribution in [2.75, 3.05) is 21.2 Å². The molecular weight excluding hydrogens is 306 g/mol. The lowest BCUT2D eigenvalue weighted by Crippen LogP contribution is -2.24. The number of methoxy groups -OCH3 is 1. The summed E-state index contributed by atoms with van der Waals surface area (Å²) in [4.78, 5) is 6.31. The summed E-state index contributed by atoms with van der Waals surface area (Å²) >= 11 is 0. The predicted octanol–water partition coefficient (Wildman–Crippen LogP) is 2.55. The van der Waals surface area contributed by atoms with Crippen molar-refractivity contribution in [2.24, 2.45) is 0 Å². The maximum atomic E-state index is 5.77. The molecule has 24 heavy (non-hydrogen) atoms. The molecule has 3 aromatic rings. The molecule has 3 aromatic heterocycles. The molecule has 0 radical (unpaired) electrons. The Kier molecular flexibility index (Phi) is 4.61. The van der Waals surface area contributed by atoms with Gasteiger partial charge in [-0.15, -0.1) is 5.10 Å². The van der Waals surface area contributed by atoms with Crippen molar-refractivity contribution in [3.05, 3.63) is 48.2 Å². The summed E-state index contributed by atoms with van der Waals surface area (Å²) in [6.45, 7) is 2.59. The van der Waals surface area contributed by atoms with Gasteiger partial charge in [-0.3, -0.25) is 4.90 Å². The molecule has 7 heteroatoms. The second-order valence-electron chi connectivity index (χ2n) is 5.84. The molecule has 1 atom stereocenters. The van der Waals surface area contributed by atoms with E-state index in [4.69, 9.17) is 9.15 Å². The lowest BCUT2D eigenvalue weighted by atomic mass is 10.2. The third-order valence-electron chi connectivity index (χ3n) is 3.85. The molecule has 0 bridgehead atoms. The Labute approximate surface area is 140 Å². The zero-order valence-electron chi connectivity index (χ0n) is 14.3. The minimum atomic E-state index is 0.0854. The van der Waals surface area contributed by atoms with Crippen molar-refractivity contribution in [2.45, 2.75) is 19.5 Å². The van der Waals surface area contributed by atoms with Gasteiger partial charge in [0.25, 0.3) is 0 Å². The topological polar surface area (TPSA) is 69.2 Å². The summed E-state index contributed by atoms with van der Waals surface area (Å²) in [5.74, 6) is 2.40. The zero-order chi connectivity index (χ0) is 17.1. The van der Waals surface area contributed by atoms with E-state index in [0.29, 0.717) is 12.4 Å². The Bertz CT molecular complexity index is 791. The Morgan fingerprint density at radius 1 is 1.25 bits per heavy atom. The van der Waals surface area contributed by atoms with Gasteiger partial charge in [0.1, 0.15) is 17.2 Å². The SMILES string of the molecule is COc1ccc(-c2cn(C[C@@H](c3ccc(C)o3)N(C)C)nn2)cn1. The predicted molar refractivity (Wildman–Crippen MR) is 89.7 cm³/mol. The molecule has 3 rings (SSSR count). The maximum Gasteiger partial charge on any atom is 0.212 e. The quantitative estimate of drug-likeness (QED) is 0.693. The normalized spacial score (nSPS) is 12.5. The number of likely N-dealkylation sites (N-methyl/N-ethyl adjacent to an activating group) is 1. The fourth-order valence-electron chi connectivity index (χ4n) is 2.49. The van der Waals surface area contributed by atoms with Gasteiger partial charge >= 0.3 is 0 Å². The highest BCUT2D eigenvalue weighted by molar-refractivity contribution is 5.56. The number of nitrogens with zero attached hydrogens (tertiary/aromatic N) is 5. The first-order valence-corrected chi connectivity index (χ1v) is 7.70. The van der Waals surface area contributed by atoms with Gasteiger partial charge in [0, 0.05) is 17.8 Å². The van der Waals surface area contributed by atoms with E-state index in [9.17, 15) is 0 Å². The van der Waals surface area contributed by atoms with E-state index in [1.807, 2.05) is 56.2 Å². The number of aromatic nitrogens is 4. The van der Waals surface area contributed by atoms with Crippen molar-refractivity contribution < 1.29 is 9.15 Å². The summed E-state index contributed by atoms with van der Waals surface area (Å²) in [5, 5.41) is 8.47. The van der Waals surface area contributed by atoms with Gasteiger partial charge < -0.3 is 9.15 Å². The molecule has 126 valence electrons. The molecule has 0 spiro atoms. The molecule has 0 saturated heterocycles. The van der Waals surface area contributed by atoms with Crippen LogP contribution in [0.3, 0.4) is 0 Å². The van der Waals surface area contributed by atoms with E-state index in [2.05, 4.69) is 20.2 Å². The van der Waals surface area contributed by atoms with Crippen LogP contribution < -0.4 is 4.74 Å². The molecule has 0 aliphatic carbocycles. The lowest BCUT2D eigenvalue weighted by molar-refractivity contribution is 0.223. The summed E-state index contributed by atoms with van der Waals surface area (Å²) in [5.41, 5.74) is 1.68. The summed E-state index contributed by atoms with van der Waals surface area (Å²) < 4.78 is 12.7. The van der Waals surface area contributed by atoms with Crippen LogP contribution in [0.1, 0.15) is 17.6 Å². The van der Waals surface area contributed by atoms with E-state index in [0.717, 1.165) is 22.8 Å². The molecule has 0 N–H and O–H groups in total. The van der Waals surface area contributed by atoms with Crippen LogP contribution in [0.4, 0.5) is 0 Å². The first-order valence-electron chi connectivity index (χ1n) is 7.70. The van der Waals surface area contributed by atoms with Crippen LogP contribution >= 0.6 is 0 Å². The highest BCUT2D eigenvalue weighted by Gasteiger charge is 2.19. The molecule has 0 aliphatic heterocycles. The van der Waals surface area contributed by atoms with Gasteiger partial charge in [-0.1, -0.05) is 5.21 Å². The standard InChI is InChI=1S/C17H21N5O2/c1-12-5-7-16(24-12)15(21(2)3)11-22-10-14(19-20-22)13-6-8-17(23-4)18-9-13/h5-10,15H,11H2,1-4H3/t15-/m0/s1. The van der Waals surface area contributed by atoms with Crippen LogP contribution in [0.15, 0.2) is 41.1 Å². The van der Waals surface area contributed by atoms with E-state index in [-0.39, 0.29) is 6.04 Å². The van der Waals surface area contributed by atoms with E-state index in [1.165, 1.54) is 0 Å². The Morgan fingerprint density at radius 2 is 2.08 bits per heavy atom. The van der Waals surface area contributed by atoms with E-state index < -0.39 is 0 Å². The third kappa shape index (κ3) is 3.46. The maximum absolute atomic E-state index is 5.77. The third-order valence-corrected chi connectivity index (χ3v) is 3.85. The molecular formula is C17H21N5O2. The largest absolute Gasteiger partial charge is 0.481 e. The van der Waals surface area contributed by atoms with Crippen molar-refractivity contribution in [1.29, 1.82) is 0 Å². The van der Waals surface area contributed by atoms with Gasteiger partial charge in [-0.25, -0.2) is 9.67 Å². The minimum Gasteiger partial charge on any atom is -0.481 e. The fraction of sp³-hybridized carbons (Fsp3) is 0.353. The molecule has 0 saturated carbocycles. The second-order valence-corrected chi connectivity index (χ2v) is 5.84. The highest BCUT2D eigenvalue weighted by atomic mass is 16.5. The average Bonchev–Trinajstić information content (AvgIpc) is 3.21. The number of aryl methyl sites for hydroxylation is 1. The van der Waals surface area contributed by atoms with Gasteiger partial charge in [0.05, 0.1) is 25.9 Å². The van der Waals surface area contributed by atoms with Gasteiger partial charge in [0.15, 0.2) is 0 Å². The molecule has 0 aromatic carbocycles. The number of pyridine rings is 1. The van der Waals surface area contributed by atoms with Crippen molar-refractivity contribution in [1.82, 2.24) is 24.9 Å². The molecule has 0 aliphatic rings. The number of furan rings is 1. The average molecular weight is 327 g/mol. The summed E-state index contributed by atoms with van der Waals surface area (Å²) in [6, 6.07) is 7.79. The number of hydrogen-bond acceptors (Lipinski definition) is 6. The molecule has 0 unspecified atom stereocenters. The van der Waals surface area contributed by atoms with Crippen molar-refractivity contribution in [3.63, 3.8) is 0 Å². The Balaban J connectivity index is 1.78. The number of hydrogen-bond donors (Lipinski definition) is 0. The Hall–Kier alpha value is -2.67. The van der Waals surface area contributed by atoms with Crippen molar-refractivity contribution in [3.8, 4) is 17.1 Å². The zero-order valence-corrected chi connectivity index (χ0v) is 14.3. The van der Waals surface area contributed by atoms with Crippen LogP contribution in [0.5, 0.6) is 5.88 Å². The summed E-state index contributed by atoms with van der Waals surface area (Å²) in [6.07, 6.45) is 3.64. The van der Waals surface area contributed by atoms with Gasteiger partial charge in [0.2, 0.25) is 5.88 Å². The molecule has 7 nitrogen and oxygen atoms in total. The van der Waals surface area contributed by atoms with Crippen LogP contribution in [-0.2, 0) is 6.54 Å². The van der Waals surface area contributed by atoms with Crippen molar-refractivity contribution >= 4 is 0 Å². The first kappa shape index (κ1) is 16.2. The van der Waals surface area contributed by atoms with Crippen LogP contribution in [-0.4, -0.2) is 46.1 Å². The van der Waals surface area contributed by atoms with Crippen LogP contribution in [0.25, 0.3) is 11.3 Å². The summed E-state index contributed by atoms with van der Waals surface area (Å²) in [7, 11) is 5.64.